The maximum absolute atomic E-state index is 12.3. The molecule has 0 radical (unpaired) electrons. The van der Waals surface area contributed by atoms with Crippen LogP contribution in [0.3, 0.4) is 0 Å². The predicted molar refractivity (Wildman–Crippen MR) is 67.2 cm³/mol. The number of hydroxylamine groups is 2. The quantitative estimate of drug-likeness (QED) is 0.495. The lowest BCUT2D eigenvalue weighted by atomic mass is 10.2. The third-order valence-electron chi connectivity index (χ3n) is 3.07. The zero-order valence-electron chi connectivity index (χ0n) is 9.50. The number of hydrogen-bond donors (Lipinski definition) is 1. The number of quaternary nitrogens is 1. The molecule has 0 unspecified atom stereocenters. The zero-order valence-corrected chi connectivity index (χ0v) is 9.50. The van der Waals surface area contributed by atoms with Gasteiger partial charge in [0, 0.05) is 31.1 Å². The van der Waals surface area contributed by atoms with E-state index in [1.165, 1.54) is 6.08 Å². The first-order chi connectivity index (χ1) is 8.10. The van der Waals surface area contributed by atoms with E-state index < -0.39 is 5.97 Å². The Balaban J connectivity index is 2.15. The van der Waals surface area contributed by atoms with E-state index in [4.69, 9.17) is 5.11 Å². The van der Waals surface area contributed by atoms with Gasteiger partial charge in [0.15, 0.2) is 0 Å². The number of nitrogens with zero attached hydrogens (tertiary/aromatic N) is 1. The Labute approximate surface area is 100.0 Å². The molecule has 1 aliphatic rings. The number of carboxylic acid groups (broad SMARTS) is 1. The minimum absolute atomic E-state index is 0.247. The maximum Gasteiger partial charge on any atom is 0.328 e. The molecule has 2 rings (SSSR count). The number of benzene rings is 1. The molecule has 1 saturated heterocycles. The van der Waals surface area contributed by atoms with E-state index in [1.807, 2.05) is 0 Å². The molecule has 1 aliphatic heterocycles. The summed E-state index contributed by atoms with van der Waals surface area (Å²) in [6, 6.07) is 7.15. The minimum atomic E-state index is -0.971. The highest BCUT2D eigenvalue weighted by molar-refractivity contribution is 5.85. The number of aliphatic carboxylic acids is 1. The van der Waals surface area contributed by atoms with E-state index in [0.29, 0.717) is 13.1 Å². The molecule has 4 heteroatoms. The van der Waals surface area contributed by atoms with Crippen LogP contribution in [0.5, 0.6) is 0 Å². The smallest absolute Gasteiger partial charge is 0.328 e. The lowest BCUT2D eigenvalue weighted by Gasteiger charge is -2.37. The summed E-state index contributed by atoms with van der Waals surface area (Å²) in [5, 5.41) is 20.8. The van der Waals surface area contributed by atoms with E-state index in [9.17, 15) is 10.0 Å². The first kappa shape index (κ1) is 11.8. The van der Waals surface area contributed by atoms with Crippen LogP contribution in [0.1, 0.15) is 18.4 Å². The van der Waals surface area contributed by atoms with Crippen molar-refractivity contribution in [1.82, 2.24) is 4.65 Å². The molecule has 1 aromatic carbocycles. The van der Waals surface area contributed by atoms with Crippen LogP contribution in [0.25, 0.3) is 6.08 Å². The summed E-state index contributed by atoms with van der Waals surface area (Å²) in [7, 11) is 0. The van der Waals surface area contributed by atoms with Gasteiger partial charge in [0.1, 0.15) is 5.69 Å². The third kappa shape index (κ3) is 2.72. The van der Waals surface area contributed by atoms with E-state index >= 15 is 0 Å². The number of rotatable bonds is 3. The molecule has 1 fully saturated rings. The van der Waals surface area contributed by atoms with Crippen LogP contribution in [0, 0.1) is 5.21 Å². The molecular weight excluding hydrogens is 218 g/mol. The minimum Gasteiger partial charge on any atom is -0.627 e. The van der Waals surface area contributed by atoms with Crippen molar-refractivity contribution >= 4 is 17.7 Å². The summed E-state index contributed by atoms with van der Waals surface area (Å²) in [5.74, 6) is -0.971. The van der Waals surface area contributed by atoms with Gasteiger partial charge in [-0.25, -0.2) is 4.79 Å². The van der Waals surface area contributed by atoms with Crippen molar-refractivity contribution < 1.29 is 9.90 Å². The molecular formula is C13H15NO3. The molecule has 1 aromatic rings. The Morgan fingerprint density at radius 2 is 1.82 bits per heavy atom. The van der Waals surface area contributed by atoms with Crippen molar-refractivity contribution in [3.8, 4) is 0 Å². The summed E-state index contributed by atoms with van der Waals surface area (Å²) in [5.41, 5.74) is 1.55. The normalized spacial score (nSPS) is 18.6. The fourth-order valence-electron chi connectivity index (χ4n) is 2.13. The van der Waals surface area contributed by atoms with Gasteiger partial charge in [-0.15, -0.1) is 0 Å². The molecule has 0 bridgehead atoms. The van der Waals surface area contributed by atoms with Crippen LogP contribution in [0.15, 0.2) is 30.3 Å². The topological polar surface area (TPSA) is 60.4 Å². The van der Waals surface area contributed by atoms with E-state index in [-0.39, 0.29) is 4.65 Å². The van der Waals surface area contributed by atoms with E-state index in [1.54, 1.807) is 24.3 Å². The molecule has 0 spiro atoms. The summed E-state index contributed by atoms with van der Waals surface area (Å²) in [6.07, 6.45) is 4.56. The summed E-state index contributed by atoms with van der Waals surface area (Å²) < 4.78 is -0.247. The summed E-state index contributed by atoms with van der Waals surface area (Å²) in [6.45, 7) is 1.29. The van der Waals surface area contributed by atoms with Crippen LogP contribution in [0.4, 0.5) is 5.69 Å². The van der Waals surface area contributed by atoms with Gasteiger partial charge in [0.05, 0.1) is 13.1 Å². The summed E-state index contributed by atoms with van der Waals surface area (Å²) >= 11 is 0. The largest absolute Gasteiger partial charge is 0.627 e. The van der Waals surface area contributed by atoms with Crippen molar-refractivity contribution in [2.24, 2.45) is 0 Å². The molecule has 0 aliphatic carbocycles. The number of carboxylic acids is 1. The Bertz CT molecular complexity index is 430. The highest BCUT2D eigenvalue weighted by Gasteiger charge is 2.24. The molecule has 0 atom stereocenters. The molecule has 4 nitrogen and oxygen atoms in total. The van der Waals surface area contributed by atoms with Crippen molar-refractivity contribution in [2.75, 3.05) is 13.1 Å². The maximum atomic E-state index is 12.3. The molecule has 0 amide bonds. The zero-order chi connectivity index (χ0) is 12.3. The van der Waals surface area contributed by atoms with Gasteiger partial charge in [-0.1, -0.05) is 0 Å². The Morgan fingerprint density at radius 1 is 1.24 bits per heavy atom. The Kier molecular flexibility index (Phi) is 3.26. The second-order valence-corrected chi connectivity index (χ2v) is 4.31. The molecule has 0 aromatic heterocycles. The fraction of sp³-hybridized carbons (Fsp3) is 0.308. The monoisotopic (exact) mass is 233 g/mol. The van der Waals surface area contributed by atoms with E-state index in [0.717, 1.165) is 30.2 Å². The first-order valence-electron chi connectivity index (χ1n) is 5.70. The lowest BCUT2D eigenvalue weighted by molar-refractivity contribution is -0.131. The SMILES string of the molecule is O=C(O)C=Cc1ccc([N+]2([O-])CCCC2)cc1. The third-order valence-corrected chi connectivity index (χ3v) is 3.07. The average Bonchev–Trinajstić information content (AvgIpc) is 2.75. The molecule has 1 N–H and O–H groups in total. The number of carbonyl (C=O) groups is 1. The van der Waals surface area contributed by atoms with Crippen molar-refractivity contribution in [2.45, 2.75) is 12.8 Å². The fourth-order valence-corrected chi connectivity index (χ4v) is 2.13. The predicted octanol–water partition coefficient (Wildman–Crippen LogP) is 2.38. The van der Waals surface area contributed by atoms with Gasteiger partial charge < -0.3 is 15.0 Å². The van der Waals surface area contributed by atoms with Gasteiger partial charge in [0.2, 0.25) is 0 Å². The van der Waals surface area contributed by atoms with Gasteiger partial charge >= 0.3 is 5.97 Å². The second-order valence-electron chi connectivity index (χ2n) is 4.31. The van der Waals surface area contributed by atoms with Crippen LogP contribution >= 0.6 is 0 Å². The first-order valence-corrected chi connectivity index (χ1v) is 5.70. The van der Waals surface area contributed by atoms with Crippen molar-refractivity contribution in [3.63, 3.8) is 0 Å². The Hall–Kier alpha value is -1.65. The van der Waals surface area contributed by atoms with Crippen LogP contribution in [0.2, 0.25) is 0 Å². The van der Waals surface area contributed by atoms with Crippen LogP contribution in [-0.2, 0) is 4.79 Å². The van der Waals surface area contributed by atoms with Crippen LogP contribution in [-0.4, -0.2) is 24.2 Å². The van der Waals surface area contributed by atoms with E-state index in [2.05, 4.69) is 0 Å². The Morgan fingerprint density at radius 3 is 2.35 bits per heavy atom. The average molecular weight is 233 g/mol. The van der Waals surface area contributed by atoms with Gasteiger partial charge in [0.25, 0.3) is 0 Å². The molecule has 0 saturated carbocycles. The lowest BCUT2D eigenvalue weighted by Crippen LogP contribution is -2.39. The molecule has 17 heavy (non-hydrogen) atoms. The standard InChI is InChI=1S/C13H15NO3/c15-13(16)8-5-11-3-6-12(7-4-11)14(17)9-1-2-10-14/h3-8H,1-2,9-10H2,(H,15,16). The van der Waals surface area contributed by atoms with Gasteiger partial charge in [-0.05, 0) is 23.8 Å². The molecule has 1 heterocycles. The summed E-state index contributed by atoms with van der Waals surface area (Å²) in [4.78, 5) is 10.4. The highest BCUT2D eigenvalue weighted by Crippen LogP contribution is 2.28. The second kappa shape index (κ2) is 4.69. The molecule has 90 valence electrons. The van der Waals surface area contributed by atoms with Crippen LogP contribution < -0.4 is 4.65 Å². The van der Waals surface area contributed by atoms with Gasteiger partial charge in [-0.2, -0.15) is 0 Å². The van der Waals surface area contributed by atoms with Crippen molar-refractivity contribution in [3.05, 3.63) is 41.1 Å². The van der Waals surface area contributed by atoms with Gasteiger partial charge in [-0.3, -0.25) is 0 Å². The highest BCUT2D eigenvalue weighted by atomic mass is 16.5. The number of hydrogen-bond acceptors (Lipinski definition) is 2. The van der Waals surface area contributed by atoms with Crippen molar-refractivity contribution in [1.29, 1.82) is 0 Å².